The van der Waals surface area contributed by atoms with Gasteiger partial charge in [-0.2, -0.15) is 0 Å². The van der Waals surface area contributed by atoms with Gasteiger partial charge in [-0.05, 0) is 75.2 Å². The first-order valence-electron chi connectivity index (χ1n) is 12.1. The average molecular weight is 511 g/mol. The van der Waals surface area contributed by atoms with Crippen LogP contribution in [0.15, 0.2) is 60.7 Å². The number of hydrogen-bond acceptors (Lipinski definition) is 5. The lowest BCUT2D eigenvalue weighted by molar-refractivity contribution is -0.149. The molecule has 4 rings (SSSR count). The van der Waals surface area contributed by atoms with E-state index in [4.69, 9.17) is 16.3 Å². The van der Waals surface area contributed by atoms with Gasteiger partial charge in [-0.3, -0.25) is 14.5 Å². The van der Waals surface area contributed by atoms with Crippen LogP contribution in [0.25, 0.3) is 0 Å². The zero-order valence-corrected chi connectivity index (χ0v) is 21.7. The van der Waals surface area contributed by atoms with Crippen LogP contribution in [0.3, 0.4) is 0 Å². The molecule has 1 aliphatic heterocycles. The summed E-state index contributed by atoms with van der Waals surface area (Å²) in [6, 6.07) is 19.3. The predicted octanol–water partition coefficient (Wildman–Crippen LogP) is 6.58. The molecule has 1 amide bonds. The smallest absolute Gasteiger partial charge is 0.309 e. The van der Waals surface area contributed by atoms with Crippen LogP contribution in [0.2, 0.25) is 5.02 Å². The Hall–Kier alpha value is -2.67. The molecular formula is C28H31ClN2O3S. The van der Waals surface area contributed by atoms with Crippen LogP contribution in [-0.4, -0.2) is 36.5 Å². The highest BCUT2D eigenvalue weighted by atomic mass is 35.5. The third-order valence-corrected chi connectivity index (χ3v) is 7.88. The number of esters is 1. The largest absolute Gasteiger partial charge is 0.466 e. The molecule has 1 aliphatic rings. The minimum absolute atomic E-state index is 0.0574. The van der Waals surface area contributed by atoms with Gasteiger partial charge in [-0.15, -0.1) is 11.3 Å². The van der Waals surface area contributed by atoms with Gasteiger partial charge < -0.3 is 10.1 Å². The van der Waals surface area contributed by atoms with E-state index >= 15 is 0 Å². The van der Waals surface area contributed by atoms with Gasteiger partial charge in [0.15, 0.2) is 0 Å². The molecule has 1 fully saturated rings. The highest BCUT2D eigenvalue weighted by Crippen LogP contribution is 2.41. The SMILES string of the molecule is CCOC(=O)C1CCN([C@H](c2ccc(Cl)cc2)c2cc(CC)sc2NC(=O)c2ccccc2)CC1. The Morgan fingerprint density at radius 2 is 1.77 bits per heavy atom. The number of aryl methyl sites for hydroxylation is 1. The second kappa shape index (κ2) is 11.8. The molecule has 0 unspecified atom stereocenters. The molecule has 2 aromatic carbocycles. The van der Waals surface area contributed by atoms with Crippen molar-refractivity contribution in [1.82, 2.24) is 4.90 Å². The number of rotatable bonds is 8. The first-order chi connectivity index (χ1) is 17.0. The van der Waals surface area contributed by atoms with Crippen LogP contribution in [0.1, 0.15) is 59.1 Å². The van der Waals surface area contributed by atoms with Crippen molar-refractivity contribution in [2.45, 2.75) is 39.2 Å². The molecular weight excluding hydrogens is 480 g/mol. The highest BCUT2D eigenvalue weighted by molar-refractivity contribution is 7.16. The summed E-state index contributed by atoms with van der Waals surface area (Å²) >= 11 is 7.83. The van der Waals surface area contributed by atoms with Gasteiger partial charge in [0.1, 0.15) is 5.00 Å². The van der Waals surface area contributed by atoms with E-state index < -0.39 is 0 Å². The predicted molar refractivity (Wildman–Crippen MR) is 142 cm³/mol. The first-order valence-corrected chi connectivity index (χ1v) is 13.3. The van der Waals surface area contributed by atoms with Gasteiger partial charge in [-0.1, -0.05) is 48.9 Å². The molecule has 0 spiro atoms. The molecule has 1 atom stereocenters. The third-order valence-electron chi connectivity index (χ3n) is 6.42. The van der Waals surface area contributed by atoms with E-state index in [9.17, 15) is 9.59 Å². The Balaban J connectivity index is 1.66. The zero-order chi connectivity index (χ0) is 24.8. The molecule has 0 saturated carbocycles. The summed E-state index contributed by atoms with van der Waals surface area (Å²) in [7, 11) is 0. The van der Waals surface area contributed by atoms with Gasteiger partial charge in [0, 0.05) is 21.0 Å². The molecule has 1 aromatic heterocycles. The normalized spacial score (nSPS) is 15.5. The molecule has 0 aliphatic carbocycles. The Morgan fingerprint density at radius 3 is 2.40 bits per heavy atom. The third kappa shape index (κ3) is 6.13. The fraction of sp³-hybridized carbons (Fsp3) is 0.357. The van der Waals surface area contributed by atoms with Crippen LogP contribution in [0.5, 0.6) is 0 Å². The molecule has 5 nitrogen and oxygen atoms in total. The number of piperidine rings is 1. The van der Waals surface area contributed by atoms with Crippen LogP contribution in [0, 0.1) is 5.92 Å². The highest BCUT2D eigenvalue weighted by Gasteiger charge is 2.33. The molecule has 3 aromatic rings. The van der Waals surface area contributed by atoms with Crippen LogP contribution >= 0.6 is 22.9 Å². The monoisotopic (exact) mass is 510 g/mol. The summed E-state index contributed by atoms with van der Waals surface area (Å²) in [5, 5.41) is 4.73. The minimum atomic E-state index is -0.118. The molecule has 0 radical (unpaired) electrons. The van der Waals surface area contributed by atoms with Crippen LogP contribution < -0.4 is 5.32 Å². The van der Waals surface area contributed by atoms with Gasteiger partial charge in [0.05, 0.1) is 18.6 Å². The van der Waals surface area contributed by atoms with Crippen LogP contribution in [-0.2, 0) is 16.0 Å². The minimum Gasteiger partial charge on any atom is -0.466 e. The average Bonchev–Trinajstić information content (AvgIpc) is 3.28. The molecule has 184 valence electrons. The molecule has 2 heterocycles. The summed E-state index contributed by atoms with van der Waals surface area (Å²) in [5.74, 6) is -0.287. The maximum Gasteiger partial charge on any atom is 0.309 e. The Labute approximate surface area is 216 Å². The van der Waals surface area contributed by atoms with E-state index in [0.29, 0.717) is 17.2 Å². The summed E-state index contributed by atoms with van der Waals surface area (Å²) < 4.78 is 5.26. The number of benzene rings is 2. The molecule has 35 heavy (non-hydrogen) atoms. The Bertz CT molecular complexity index is 1140. The molecule has 1 saturated heterocycles. The molecule has 1 N–H and O–H groups in total. The maximum absolute atomic E-state index is 13.0. The summed E-state index contributed by atoms with van der Waals surface area (Å²) in [4.78, 5) is 29.0. The van der Waals surface area contributed by atoms with Crippen molar-refractivity contribution in [2.75, 3.05) is 25.0 Å². The number of amides is 1. The fourth-order valence-electron chi connectivity index (χ4n) is 4.58. The van der Waals surface area contributed by atoms with E-state index in [1.165, 1.54) is 4.88 Å². The number of halogens is 1. The maximum atomic E-state index is 13.0. The number of thiophene rings is 1. The van der Waals surface area contributed by atoms with Gasteiger partial charge in [0.25, 0.3) is 5.91 Å². The van der Waals surface area contributed by atoms with Crippen molar-refractivity contribution in [1.29, 1.82) is 0 Å². The molecule has 0 bridgehead atoms. The first kappa shape index (κ1) is 25.4. The van der Waals surface area contributed by atoms with E-state index in [0.717, 1.165) is 48.5 Å². The topological polar surface area (TPSA) is 58.6 Å². The number of nitrogens with zero attached hydrogens (tertiary/aromatic N) is 1. The van der Waals surface area contributed by atoms with Gasteiger partial charge >= 0.3 is 5.97 Å². The standard InChI is InChI=1S/C28H31ClN2O3S/c1-3-23-18-24(27(35-23)30-26(32)20-8-6-5-7-9-20)25(19-10-12-22(29)13-11-19)31-16-14-21(15-17-31)28(33)34-4-2/h5-13,18,21,25H,3-4,14-17H2,1-2H3,(H,30,32)/t25-/m1/s1. The lowest BCUT2D eigenvalue weighted by Gasteiger charge is -2.37. The van der Waals surface area contributed by atoms with E-state index in [1.807, 2.05) is 49.4 Å². The fourth-order valence-corrected chi connectivity index (χ4v) is 5.73. The Morgan fingerprint density at radius 1 is 1.09 bits per heavy atom. The molecule has 7 heteroatoms. The quantitative estimate of drug-likeness (QED) is 0.348. The second-order valence-electron chi connectivity index (χ2n) is 8.69. The van der Waals surface area contributed by atoms with Crippen molar-refractivity contribution >= 4 is 39.8 Å². The van der Waals surface area contributed by atoms with Crippen molar-refractivity contribution in [3.05, 3.63) is 87.3 Å². The Kier molecular flexibility index (Phi) is 8.60. The lowest BCUT2D eigenvalue weighted by atomic mass is 9.91. The zero-order valence-electron chi connectivity index (χ0n) is 20.1. The lowest BCUT2D eigenvalue weighted by Crippen LogP contribution is -2.39. The van der Waals surface area contributed by atoms with E-state index in [-0.39, 0.29) is 23.8 Å². The summed E-state index contributed by atoms with van der Waals surface area (Å²) in [6.07, 6.45) is 2.38. The summed E-state index contributed by atoms with van der Waals surface area (Å²) in [6.45, 7) is 5.91. The number of ether oxygens (including phenoxy) is 1. The number of anilines is 1. The summed E-state index contributed by atoms with van der Waals surface area (Å²) in [5.41, 5.74) is 2.82. The number of hydrogen-bond donors (Lipinski definition) is 1. The van der Waals surface area contributed by atoms with Gasteiger partial charge in [0.2, 0.25) is 0 Å². The van der Waals surface area contributed by atoms with Crippen LogP contribution in [0.4, 0.5) is 5.00 Å². The number of likely N-dealkylation sites (tertiary alicyclic amines) is 1. The number of nitrogens with one attached hydrogen (secondary N) is 1. The van der Waals surface area contributed by atoms with Crippen molar-refractivity contribution in [3.8, 4) is 0 Å². The number of carbonyl (C=O) groups is 2. The van der Waals surface area contributed by atoms with E-state index in [2.05, 4.69) is 35.3 Å². The second-order valence-corrected chi connectivity index (χ2v) is 10.3. The van der Waals surface area contributed by atoms with Crippen molar-refractivity contribution in [2.24, 2.45) is 5.92 Å². The van der Waals surface area contributed by atoms with Crippen molar-refractivity contribution in [3.63, 3.8) is 0 Å². The van der Waals surface area contributed by atoms with E-state index in [1.54, 1.807) is 11.3 Å². The number of carbonyl (C=O) groups excluding carboxylic acids is 2. The van der Waals surface area contributed by atoms with Gasteiger partial charge in [-0.25, -0.2) is 0 Å². The van der Waals surface area contributed by atoms with Crippen molar-refractivity contribution < 1.29 is 14.3 Å².